The molecule has 1 fully saturated rings. The topological polar surface area (TPSA) is 96.5 Å². The number of hydrogen-bond donors (Lipinski definition) is 3. The fraction of sp³-hybridized carbons (Fsp3) is 0.591. The molecule has 0 atom stereocenters. The Kier molecular flexibility index (Phi) is 8.96. The van der Waals surface area contributed by atoms with Gasteiger partial charge in [-0.3, -0.25) is 5.10 Å². The van der Waals surface area contributed by atoms with Gasteiger partial charge in [-0.15, -0.1) is 0 Å². The molecule has 30 heavy (non-hydrogen) atoms. The van der Waals surface area contributed by atoms with Crippen molar-refractivity contribution in [3.05, 3.63) is 30.1 Å². The van der Waals surface area contributed by atoms with E-state index in [1.807, 2.05) is 24.3 Å². The van der Waals surface area contributed by atoms with Crippen molar-refractivity contribution in [2.45, 2.75) is 58.1 Å². The molecule has 1 saturated carbocycles. The molecule has 0 spiro atoms. The molecule has 164 valence electrons. The lowest BCUT2D eigenvalue weighted by atomic mass is 9.98. The summed E-state index contributed by atoms with van der Waals surface area (Å²) < 4.78 is 11.2. The average molecular weight is 415 g/mol. The quantitative estimate of drug-likeness (QED) is 0.314. The molecule has 2 aromatic rings. The number of nitrogens with zero attached hydrogens (tertiary/aromatic N) is 3. The van der Waals surface area contributed by atoms with Gasteiger partial charge < -0.3 is 20.1 Å². The van der Waals surface area contributed by atoms with E-state index in [0.717, 1.165) is 49.2 Å². The van der Waals surface area contributed by atoms with E-state index < -0.39 is 0 Å². The molecule has 1 aromatic heterocycles. The van der Waals surface area contributed by atoms with Gasteiger partial charge >= 0.3 is 0 Å². The van der Waals surface area contributed by atoms with Crippen LogP contribution in [-0.4, -0.2) is 54.1 Å². The predicted molar refractivity (Wildman–Crippen MR) is 119 cm³/mol. The normalized spacial score (nSPS) is 15.2. The largest absolute Gasteiger partial charge is 0.497 e. The zero-order chi connectivity index (χ0) is 21.0. The monoisotopic (exact) mass is 414 g/mol. The highest BCUT2D eigenvalue weighted by Gasteiger charge is 2.13. The smallest absolute Gasteiger partial charge is 0.191 e. The van der Waals surface area contributed by atoms with E-state index in [2.05, 4.69) is 37.7 Å². The van der Waals surface area contributed by atoms with Crippen LogP contribution in [-0.2, 0) is 11.3 Å². The molecule has 0 amide bonds. The van der Waals surface area contributed by atoms with Gasteiger partial charge in [-0.1, -0.05) is 19.3 Å². The molecule has 0 radical (unpaired) electrons. The fourth-order valence-corrected chi connectivity index (χ4v) is 3.49. The molecule has 1 aliphatic rings. The number of benzene rings is 1. The number of aliphatic imine (C=N–C) groups is 1. The fourth-order valence-electron chi connectivity index (χ4n) is 3.49. The van der Waals surface area contributed by atoms with Crippen molar-refractivity contribution in [3.63, 3.8) is 0 Å². The van der Waals surface area contributed by atoms with Crippen molar-refractivity contribution in [2.24, 2.45) is 4.99 Å². The second-order valence-corrected chi connectivity index (χ2v) is 7.44. The lowest BCUT2D eigenvalue weighted by Crippen LogP contribution is -2.38. The summed E-state index contributed by atoms with van der Waals surface area (Å²) in [4.78, 5) is 9.14. The Morgan fingerprint density at radius 1 is 1.17 bits per heavy atom. The Morgan fingerprint density at radius 3 is 2.70 bits per heavy atom. The van der Waals surface area contributed by atoms with E-state index in [1.165, 1.54) is 32.1 Å². The number of ether oxygens (including phenoxy) is 2. The lowest BCUT2D eigenvalue weighted by molar-refractivity contribution is 0.0277. The number of hydrogen-bond acceptors (Lipinski definition) is 5. The van der Waals surface area contributed by atoms with Gasteiger partial charge in [0.15, 0.2) is 11.8 Å². The van der Waals surface area contributed by atoms with E-state index in [9.17, 15) is 0 Å². The standard InChI is InChI=1S/C22H34N6O2/c1-3-23-22(24-14-7-15-30-19-8-5-4-6-9-19)25-16-20-26-21(28-27-20)17-10-12-18(29-2)13-11-17/h10-13,19H,3-9,14-16H2,1-2H3,(H2,23,24,25)(H,26,27,28). The number of methoxy groups -OCH3 is 1. The molecule has 1 aliphatic carbocycles. The lowest BCUT2D eigenvalue weighted by Gasteiger charge is -2.22. The maximum Gasteiger partial charge on any atom is 0.191 e. The van der Waals surface area contributed by atoms with Gasteiger partial charge in [-0.2, -0.15) is 5.10 Å². The first-order valence-electron chi connectivity index (χ1n) is 11.0. The average Bonchev–Trinajstić information content (AvgIpc) is 3.27. The van der Waals surface area contributed by atoms with Crippen LogP contribution in [0.3, 0.4) is 0 Å². The van der Waals surface area contributed by atoms with Crippen LogP contribution in [0.5, 0.6) is 5.75 Å². The second-order valence-electron chi connectivity index (χ2n) is 7.44. The summed E-state index contributed by atoms with van der Waals surface area (Å²) >= 11 is 0. The highest BCUT2D eigenvalue weighted by molar-refractivity contribution is 5.79. The van der Waals surface area contributed by atoms with Gasteiger partial charge in [0, 0.05) is 25.3 Å². The van der Waals surface area contributed by atoms with Crippen LogP contribution in [0.1, 0.15) is 51.3 Å². The van der Waals surface area contributed by atoms with Gasteiger partial charge in [0.2, 0.25) is 0 Å². The SMILES string of the molecule is CCNC(=NCc1nc(-c2ccc(OC)cc2)n[nH]1)NCCCOC1CCCCC1. The summed E-state index contributed by atoms with van der Waals surface area (Å²) in [7, 11) is 1.65. The summed E-state index contributed by atoms with van der Waals surface area (Å²) in [6.07, 6.45) is 7.83. The molecule has 1 aromatic carbocycles. The number of H-pyrrole nitrogens is 1. The third-order valence-corrected chi connectivity index (χ3v) is 5.13. The van der Waals surface area contributed by atoms with Crippen molar-refractivity contribution in [1.29, 1.82) is 0 Å². The Hall–Kier alpha value is -2.61. The molecule has 1 heterocycles. The van der Waals surface area contributed by atoms with Gasteiger partial charge in [0.25, 0.3) is 0 Å². The Labute approximate surface area is 178 Å². The molecular formula is C22H34N6O2. The highest BCUT2D eigenvalue weighted by atomic mass is 16.5. The predicted octanol–water partition coefficient (Wildman–Crippen LogP) is 3.27. The summed E-state index contributed by atoms with van der Waals surface area (Å²) in [5.74, 6) is 2.96. The molecule has 3 rings (SSSR count). The molecule has 0 aliphatic heterocycles. The van der Waals surface area contributed by atoms with Gasteiger partial charge in [-0.05, 0) is 50.5 Å². The van der Waals surface area contributed by atoms with Crippen molar-refractivity contribution >= 4 is 5.96 Å². The van der Waals surface area contributed by atoms with Crippen molar-refractivity contribution in [2.75, 3.05) is 26.8 Å². The maximum atomic E-state index is 5.98. The number of rotatable bonds is 10. The number of nitrogens with one attached hydrogen (secondary N) is 3. The van der Waals surface area contributed by atoms with E-state index >= 15 is 0 Å². The first kappa shape index (κ1) is 22.1. The first-order valence-corrected chi connectivity index (χ1v) is 11.0. The third-order valence-electron chi connectivity index (χ3n) is 5.13. The van der Waals surface area contributed by atoms with E-state index in [1.54, 1.807) is 7.11 Å². The van der Waals surface area contributed by atoms with Gasteiger partial charge in [0.1, 0.15) is 18.1 Å². The second kappa shape index (κ2) is 12.2. The van der Waals surface area contributed by atoms with Crippen molar-refractivity contribution < 1.29 is 9.47 Å². The first-order chi connectivity index (χ1) is 14.8. The van der Waals surface area contributed by atoms with Crippen LogP contribution in [0.15, 0.2) is 29.3 Å². The molecule has 8 nitrogen and oxygen atoms in total. The van der Waals surface area contributed by atoms with E-state index in [0.29, 0.717) is 18.5 Å². The minimum Gasteiger partial charge on any atom is -0.497 e. The van der Waals surface area contributed by atoms with Crippen LogP contribution in [0.4, 0.5) is 0 Å². The summed E-state index contributed by atoms with van der Waals surface area (Å²) in [5.41, 5.74) is 0.935. The van der Waals surface area contributed by atoms with E-state index in [4.69, 9.17) is 9.47 Å². The van der Waals surface area contributed by atoms with Crippen LogP contribution in [0, 0.1) is 0 Å². The highest BCUT2D eigenvalue weighted by Crippen LogP contribution is 2.20. The molecule has 0 bridgehead atoms. The van der Waals surface area contributed by atoms with E-state index in [-0.39, 0.29) is 0 Å². The zero-order valence-electron chi connectivity index (χ0n) is 18.1. The molecule has 0 saturated heterocycles. The van der Waals surface area contributed by atoms with Gasteiger partial charge in [-0.25, -0.2) is 9.98 Å². The van der Waals surface area contributed by atoms with Crippen molar-refractivity contribution in [1.82, 2.24) is 25.8 Å². The Morgan fingerprint density at radius 2 is 1.97 bits per heavy atom. The summed E-state index contributed by atoms with van der Waals surface area (Å²) in [6.45, 7) is 4.91. The van der Waals surface area contributed by atoms with Crippen LogP contribution < -0.4 is 15.4 Å². The van der Waals surface area contributed by atoms with Crippen LogP contribution in [0.2, 0.25) is 0 Å². The van der Waals surface area contributed by atoms with Gasteiger partial charge in [0.05, 0.1) is 13.2 Å². The van der Waals surface area contributed by atoms with Crippen LogP contribution >= 0.6 is 0 Å². The number of aromatic amines is 1. The maximum absolute atomic E-state index is 5.98. The number of aromatic nitrogens is 3. The Bertz CT molecular complexity index is 768. The van der Waals surface area contributed by atoms with Crippen molar-refractivity contribution in [3.8, 4) is 17.1 Å². The number of guanidine groups is 1. The molecule has 0 unspecified atom stereocenters. The molecular weight excluding hydrogens is 380 g/mol. The minimum absolute atomic E-state index is 0.428. The Balaban J connectivity index is 1.44. The zero-order valence-corrected chi connectivity index (χ0v) is 18.1. The molecule has 8 heteroatoms. The third kappa shape index (κ3) is 7.02. The summed E-state index contributed by atoms with van der Waals surface area (Å²) in [5, 5.41) is 13.9. The van der Waals surface area contributed by atoms with Crippen LogP contribution in [0.25, 0.3) is 11.4 Å². The minimum atomic E-state index is 0.428. The summed E-state index contributed by atoms with van der Waals surface area (Å²) in [6, 6.07) is 7.68. The molecule has 3 N–H and O–H groups in total.